The lowest BCUT2D eigenvalue weighted by Crippen LogP contribution is -2.29. The third-order valence-corrected chi connectivity index (χ3v) is 3.37. The Bertz CT molecular complexity index is 558. The van der Waals surface area contributed by atoms with Gasteiger partial charge in [0.2, 0.25) is 5.79 Å². The van der Waals surface area contributed by atoms with Crippen molar-refractivity contribution in [1.29, 1.82) is 0 Å². The van der Waals surface area contributed by atoms with Crippen LogP contribution in [0, 0.1) is 0 Å². The summed E-state index contributed by atoms with van der Waals surface area (Å²) in [6.45, 7) is 2.55. The molecule has 1 aliphatic heterocycles. The first kappa shape index (κ1) is 12.6. The van der Waals surface area contributed by atoms with E-state index in [0.29, 0.717) is 11.8 Å². The monoisotopic (exact) mass is 275 g/mol. The molecule has 0 amide bonds. The van der Waals surface area contributed by atoms with Crippen molar-refractivity contribution in [2.45, 2.75) is 18.8 Å². The Kier molecular flexibility index (Phi) is 3.27. The SMILES string of the molecule is CC1COC(c2ccccc2)(c2ccc(Cl)nc2)O1. The molecule has 4 heteroatoms. The second-order valence-electron chi connectivity index (χ2n) is 4.59. The molecule has 0 aliphatic carbocycles. The van der Waals surface area contributed by atoms with E-state index in [-0.39, 0.29) is 6.10 Å². The van der Waals surface area contributed by atoms with Gasteiger partial charge in [0, 0.05) is 17.3 Å². The van der Waals surface area contributed by atoms with Crippen LogP contribution < -0.4 is 0 Å². The minimum absolute atomic E-state index is 0.0379. The van der Waals surface area contributed by atoms with Crippen molar-refractivity contribution in [3.8, 4) is 0 Å². The van der Waals surface area contributed by atoms with Gasteiger partial charge < -0.3 is 9.47 Å². The standard InChI is InChI=1S/C15H14ClNO2/c1-11-10-18-15(19-11,12-5-3-2-4-6-12)13-7-8-14(16)17-9-13/h2-9,11H,10H2,1H3. The molecular weight excluding hydrogens is 262 g/mol. The molecule has 1 aromatic heterocycles. The molecular formula is C15H14ClNO2. The molecule has 2 unspecified atom stereocenters. The van der Waals surface area contributed by atoms with E-state index >= 15 is 0 Å². The van der Waals surface area contributed by atoms with Crippen LogP contribution in [0.2, 0.25) is 5.15 Å². The molecule has 2 heterocycles. The first-order chi connectivity index (χ1) is 9.21. The molecule has 1 aromatic carbocycles. The van der Waals surface area contributed by atoms with Crippen molar-refractivity contribution in [2.75, 3.05) is 6.61 Å². The zero-order valence-corrected chi connectivity index (χ0v) is 11.3. The molecule has 3 nitrogen and oxygen atoms in total. The minimum atomic E-state index is -0.877. The number of rotatable bonds is 2. The molecule has 2 atom stereocenters. The number of nitrogens with zero attached hydrogens (tertiary/aromatic N) is 1. The van der Waals surface area contributed by atoms with Gasteiger partial charge in [0.15, 0.2) is 0 Å². The smallest absolute Gasteiger partial charge is 0.224 e. The zero-order valence-electron chi connectivity index (χ0n) is 10.5. The Hall–Kier alpha value is -1.42. The summed E-state index contributed by atoms with van der Waals surface area (Å²) in [5.41, 5.74) is 1.82. The van der Waals surface area contributed by atoms with Crippen LogP contribution in [0.4, 0.5) is 0 Å². The number of hydrogen-bond donors (Lipinski definition) is 0. The van der Waals surface area contributed by atoms with Crippen LogP contribution in [-0.4, -0.2) is 17.7 Å². The van der Waals surface area contributed by atoms with E-state index in [2.05, 4.69) is 4.98 Å². The number of pyridine rings is 1. The molecule has 0 bridgehead atoms. The molecule has 1 aliphatic rings. The van der Waals surface area contributed by atoms with Gasteiger partial charge in [-0.3, -0.25) is 0 Å². The summed E-state index contributed by atoms with van der Waals surface area (Å²) in [6.07, 6.45) is 1.74. The van der Waals surface area contributed by atoms with Gasteiger partial charge in [0.25, 0.3) is 0 Å². The van der Waals surface area contributed by atoms with E-state index < -0.39 is 5.79 Å². The number of hydrogen-bond acceptors (Lipinski definition) is 3. The summed E-state index contributed by atoms with van der Waals surface area (Å²) >= 11 is 5.85. The van der Waals surface area contributed by atoms with E-state index in [4.69, 9.17) is 21.1 Å². The third-order valence-electron chi connectivity index (χ3n) is 3.15. The fourth-order valence-corrected chi connectivity index (χ4v) is 2.40. The van der Waals surface area contributed by atoms with E-state index in [1.54, 1.807) is 12.3 Å². The highest BCUT2D eigenvalue weighted by atomic mass is 35.5. The number of benzene rings is 1. The van der Waals surface area contributed by atoms with Crippen molar-refractivity contribution in [1.82, 2.24) is 4.98 Å². The van der Waals surface area contributed by atoms with Gasteiger partial charge in [-0.2, -0.15) is 0 Å². The van der Waals surface area contributed by atoms with Gasteiger partial charge in [-0.1, -0.05) is 41.9 Å². The average molecular weight is 276 g/mol. The maximum absolute atomic E-state index is 6.06. The van der Waals surface area contributed by atoms with Crippen LogP contribution in [0.1, 0.15) is 18.1 Å². The second-order valence-corrected chi connectivity index (χ2v) is 4.98. The number of halogens is 1. The summed E-state index contributed by atoms with van der Waals surface area (Å²) in [6, 6.07) is 13.5. The van der Waals surface area contributed by atoms with Crippen molar-refractivity contribution >= 4 is 11.6 Å². The number of aromatic nitrogens is 1. The Morgan fingerprint density at radius 2 is 1.95 bits per heavy atom. The van der Waals surface area contributed by atoms with Gasteiger partial charge in [-0.05, 0) is 19.1 Å². The highest BCUT2D eigenvalue weighted by molar-refractivity contribution is 6.29. The van der Waals surface area contributed by atoms with Crippen LogP contribution in [0.15, 0.2) is 48.7 Å². The van der Waals surface area contributed by atoms with Crippen molar-refractivity contribution in [3.05, 3.63) is 64.9 Å². The quantitative estimate of drug-likeness (QED) is 0.788. The zero-order chi connectivity index (χ0) is 13.3. The maximum Gasteiger partial charge on any atom is 0.224 e. The molecule has 1 fully saturated rings. The summed E-state index contributed by atoms with van der Waals surface area (Å²) in [5, 5.41) is 0.456. The average Bonchev–Trinajstić information content (AvgIpc) is 2.84. The van der Waals surface area contributed by atoms with Crippen LogP contribution in [-0.2, 0) is 15.3 Å². The molecule has 3 rings (SSSR count). The molecule has 0 saturated carbocycles. The lowest BCUT2D eigenvalue weighted by Gasteiger charge is -2.28. The van der Waals surface area contributed by atoms with Gasteiger partial charge in [-0.15, -0.1) is 0 Å². The van der Waals surface area contributed by atoms with E-state index in [0.717, 1.165) is 11.1 Å². The van der Waals surface area contributed by atoms with E-state index in [9.17, 15) is 0 Å². The van der Waals surface area contributed by atoms with Crippen LogP contribution >= 0.6 is 11.6 Å². The molecule has 19 heavy (non-hydrogen) atoms. The van der Waals surface area contributed by atoms with Crippen molar-refractivity contribution < 1.29 is 9.47 Å². The van der Waals surface area contributed by atoms with Crippen molar-refractivity contribution in [3.63, 3.8) is 0 Å². The highest BCUT2D eigenvalue weighted by Gasteiger charge is 2.43. The van der Waals surface area contributed by atoms with Crippen molar-refractivity contribution in [2.24, 2.45) is 0 Å². The summed E-state index contributed by atoms with van der Waals surface area (Å²) < 4.78 is 12.0. The van der Waals surface area contributed by atoms with Gasteiger partial charge >= 0.3 is 0 Å². The van der Waals surface area contributed by atoms with Crippen LogP contribution in [0.5, 0.6) is 0 Å². The summed E-state index contributed by atoms with van der Waals surface area (Å²) in [5.74, 6) is -0.877. The summed E-state index contributed by atoms with van der Waals surface area (Å²) in [4.78, 5) is 4.12. The topological polar surface area (TPSA) is 31.4 Å². The van der Waals surface area contributed by atoms with Gasteiger partial charge in [0.05, 0.1) is 12.7 Å². The Morgan fingerprint density at radius 3 is 2.53 bits per heavy atom. The third kappa shape index (κ3) is 2.25. The highest BCUT2D eigenvalue weighted by Crippen LogP contribution is 2.40. The molecule has 2 aromatic rings. The molecule has 0 N–H and O–H groups in total. The Labute approximate surface area is 117 Å². The molecule has 1 saturated heterocycles. The largest absolute Gasteiger partial charge is 0.339 e. The van der Waals surface area contributed by atoms with Gasteiger partial charge in [-0.25, -0.2) is 4.98 Å². The first-order valence-electron chi connectivity index (χ1n) is 6.20. The predicted octanol–water partition coefficient (Wildman–Crippen LogP) is 3.37. The molecule has 0 spiro atoms. The normalized spacial score (nSPS) is 26.5. The lowest BCUT2D eigenvalue weighted by atomic mass is 9.99. The predicted molar refractivity (Wildman–Crippen MR) is 73.0 cm³/mol. The Morgan fingerprint density at radius 1 is 1.16 bits per heavy atom. The molecule has 0 radical (unpaired) electrons. The summed E-state index contributed by atoms with van der Waals surface area (Å²) in [7, 11) is 0. The van der Waals surface area contributed by atoms with E-state index in [1.165, 1.54) is 0 Å². The maximum atomic E-state index is 6.06. The lowest BCUT2D eigenvalue weighted by molar-refractivity contribution is -0.140. The minimum Gasteiger partial charge on any atom is -0.339 e. The van der Waals surface area contributed by atoms with E-state index in [1.807, 2.05) is 43.3 Å². The van der Waals surface area contributed by atoms with Crippen LogP contribution in [0.25, 0.3) is 0 Å². The fourth-order valence-electron chi connectivity index (χ4n) is 2.28. The second kappa shape index (κ2) is 4.93. The van der Waals surface area contributed by atoms with Gasteiger partial charge in [0.1, 0.15) is 5.15 Å². The molecule has 98 valence electrons. The Balaban J connectivity index is 2.10. The number of ether oxygens (including phenoxy) is 2. The first-order valence-corrected chi connectivity index (χ1v) is 6.58. The fraction of sp³-hybridized carbons (Fsp3) is 0.267. The van der Waals surface area contributed by atoms with Crippen LogP contribution in [0.3, 0.4) is 0 Å².